The summed E-state index contributed by atoms with van der Waals surface area (Å²) in [6.07, 6.45) is 1.66. The quantitative estimate of drug-likeness (QED) is 0.631. The molecule has 0 spiro atoms. The van der Waals surface area contributed by atoms with E-state index in [1.54, 1.807) is 31.8 Å². The molecule has 0 amide bonds. The third-order valence-electron chi connectivity index (χ3n) is 3.18. The molecule has 2 heterocycles. The minimum absolute atomic E-state index is 0.252. The van der Waals surface area contributed by atoms with Crippen LogP contribution in [0.15, 0.2) is 33.2 Å². The molecule has 2 N–H and O–H groups in total. The van der Waals surface area contributed by atoms with Gasteiger partial charge in [-0.1, -0.05) is 6.07 Å². The maximum absolute atomic E-state index is 5.49. The molecule has 0 aromatic carbocycles. The topological polar surface area (TPSA) is 71.7 Å². The van der Waals surface area contributed by atoms with E-state index in [0.717, 1.165) is 10.6 Å². The van der Waals surface area contributed by atoms with Crippen molar-refractivity contribution < 1.29 is 9.15 Å². The molecule has 0 fully saturated rings. The smallest absolute Gasteiger partial charge is 0.236 e. The van der Waals surface area contributed by atoms with Gasteiger partial charge in [-0.25, -0.2) is 4.98 Å². The normalized spacial score (nSPS) is 12.5. The van der Waals surface area contributed by atoms with E-state index in [9.17, 15) is 0 Å². The maximum atomic E-state index is 5.49. The number of guanidine groups is 1. The molecule has 0 radical (unpaired) electrons. The summed E-state index contributed by atoms with van der Waals surface area (Å²) in [5, 5.41) is 8.43. The second-order valence-corrected chi connectivity index (χ2v) is 6.31. The van der Waals surface area contributed by atoms with Crippen molar-refractivity contribution in [3.8, 4) is 10.8 Å². The highest BCUT2D eigenvalue weighted by Gasteiger charge is 2.16. The number of nitrogens with one attached hydrogen (secondary N) is 2. The molecule has 22 heavy (non-hydrogen) atoms. The molecule has 120 valence electrons. The summed E-state index contributed by atoms with van der Waals surface area (Å²) < 4.78 is 10.9. The van der Waals surface area contributed by atoms with E-state index in [4.69, 9.17) is 9.15 Å². The molecule has 0 aliphatic carbocycles. The van der Waals surface area contributed by atoms with Gasteiger partial charge in [-0.2, -0.15) is 0 Å². The van der Waals surface area contributed by atoms with E-state index in [0.29, 0.717) is 24.9 Å². The average Bonchev–Trinajstić information content (AvgIpc) is 3.18. The fourth-order valence-electron chi connectivity index (χ4n) is 1.67. The van der Waals surface area contributed by atoms with Crippen molar-refractivity contribution in [2.75, 3.05) is 20.7 Å². The minimum atomic E-state index is -0.252. The number of nitrogens with zero attached hydrogens (tertiary/aromatic N) is 2. The lowest BCUT2D eigenvalue weighted by atomic mass is 10.1. The number of oxazole rings is 1. The molecule has 2 aromatic rings. The Morgan fingerprint density at radius 2 is 2.27 bits per heavy atom. The first-order chi connectivity index (χ1) is 10.5. The molecular weight excluding hydrogens is 300 g/mol. The van der Waals surface area contributed by atoms with Gasteiger partial charge in [-0.3, -0.25) is 4.99 Å². The molecule has 0 aliphatic heterocycles. The molecule has 0 atom stereocenters. The number of rotatable bonds is 6. The van der Waals surface area contributed by atoms with Crippen LogP contribution in [0.2, 0.25) is 0 Å². The molecule has 0 saturated carbocycles. The van der Waals surface area contributed by atoms with Crippen molar-refractivity contribution in [1.82, 2.24) is 15.6 Å². The van der Waals surface area contributed by atoms with Crippen molar-refractivity contribution in [2.45, 2.75) is 26.0 Å². The first kappa shape index (κ1) is 16.5. The SMILES string of the molecule is CN=C(NCc1coc(-c2cccs2)n1)NCC(C)(C)OC. The molecular formula is C15H22N4O2S. The Bertz CT molecular complexity index is 605. The van der Waals surface area contributed by atoms with Gasteiger partial charge in [0.05, 0.1) is 22.7 Å². The summed E-state index contributed by atoms with van der Waals surface area (Å²) in [7, 11) is 3.42. The fourth-order valence-corrected chi connectivity index (χ4v) is 2.32. The number of hydrogen-bond donors (Lipinski definition) is 2. The van der Waals surface area contributed by atoms with E-state index in [2.05, 4.69) is 20.6 Å². The summed E-state index contributed by atoms with van der Waals surface area (Å²) in [5.74, 6) is 1.35. The van der Waals surface area contributed by atoms with Crippen molar-refractivity contribution in [2.24, 2.45) is 4.99 Å². The van der Waals surface area contributed by atoms with Gasteiger partial charge in [0.1, 0.15) is 6.26 Å². The van der Waals surface area contributed by atoms with E-state index >= 15 is 0 Å². The first-order valence-electron chi connectivity index (χ1n) is 7.02. The van der Waals surface area contributed by atoms with Crippen molar-refractivity contribution in [3.05, 3.63) is 29.5 Å². The van der Waals surface area contributed by atoms with Crippen molar-refractivity contribution in [1.29, 1.82) is 0 Å². The van der Waals surface area contributed by atoms with Crippen molar-refractivity contribution >= 4 is 17.3 Å². The largest absolute Gasteiger partial charge is 0.443 e. The van der Waals surface area contributed by atoms with Crippen LogP contribution in [-0.4, -0.2) is 37.2 Å². The molecule has 2 aromatic heterocycles. The molecule has 0 saturated heterocycles. The summed E-state index contributed by atoms with van der Waals surface area (Å²) in [6, 6.07) is 3.96. The Kier molecular flexibility index (Phi) is 5.57. The highest BCUT2D eigenvalue weighted by molar-refractivity contribution is 7.13. The van der Waals surface area contributed by atoms with Gasteiger partial charge >= 0.3 is 0 Å². The van der Waals surface area contributed by atoms with Crippen LogP contribution in [0.3, 0.4) is 0 Å². The van der Waals surface area contributed by atoms with Crippen LogP contribution in [0.1, 0.15) is 19.5 Å². The van der Waals surface area contributed by atoms with Gasteiger partial charge in [0, 0.05) is 20.7 Å². The predicted molar refractivity (Wildman–Crippen MR) is 89.1 cm³/mol. The van der Waals surface area contributed by atoms with Gasteiger partial charge in [0.25, 0.3) is 0 Å². The first-order valence-corrected chi connectivity index (χ1v) is 7.90. The fraction of sp³-hybridized carbons (Fsp3) is 0.467. The van der Waals surface area contributed by atoms with Gasteiger partial charge < -0.3 is 19.8 Å². The third-order valence-corrected chi connectivity index (χ3v) is 4.04. The Morgan fingerprint density at radius 3 is 2.91 bits per heavy atom. The highest BCUT2D eigenvalue weighted by atomic mass is 32.1. The van der Waals surface area contributed by atoms with Crippen LogP contribution in [0, 0.1) is 0 Å². The molecule has 6 nitrogen and oxygen atoms in total. The van der Waals surface area contributed by atoms with Gasteiger partial charge in [0.15, 0.2) is 5.96 Å². The lowest BCUT2D eigenvalue weighted by molar-refractivity contribution is 0.0268. The standard InChI is InChI=1S/C15H22N4O2S/c1-15(2,20-4)10-18-14(16-3)17-8-11-9-21-13(19-11)12-6-5-7-22-12/h5-7,9H,8,10H2,1-4H3,(H2,16,17,18). The van der Waals surface area contributed by atoms with Crippen LogP contribution >= 0.6 is 11.3 Å². The molecule has 7 heteroatoms. The van der Waals surface area contributed by atoms with Crippen LogP contribution in [-0.2, 0) is 11.3 Å². The second-order valence-electron chi connectivity index (χ2n) is 5.36. The average molecular weight is 322 g/mol. The third kappa shape index (κ3) is 4.57. The highest BCUT2D eigenvalue weighted by Crippen LogP contribution is 2.23. The zero-order valence-corrected chi connectivity index (χ0v) is 14.2. The Balaban J connectivity index is 1.86. The lowest BCUT2D eigenvalue weighted by Gasteiger charge is -2.24. The summed E-state index contributed by atoms with van der Waals surface area (Å²) in [4.78, 5) is 9.66. The number of hydrogen-bond acceptors (Lipinski definition) is 5. The van der Waals surface area contributed by atoms with Crippen LogP contribution in [0.5, 0.6) is 0 Å². The van der Waals surface area contributed by atoms with E-state index < -0.39 is 0 Å². The van der Waals surface area contributed by atoms with Gasteiger partial charge in [-0.05, 0) is 25.3 Å². The zero-order chi connectivity index (χ0) is 16.0. The summed E-state index contributed by atoms with van der Waals surface area (Å²) >= 11 is 1.60. The molecule has 0 aliphatic rings. The maximum Gasteiger partial charge on any atom is 0.236 e. The van der Waals surface area contributed by atoms with E-state index in [1.807, 2.05) is 31.4 Å². The minimum Gasteiger partial charge on any atom is -0.443 e. The van der Waals surface area contributed by atoms with Crippen LogP contribution < -0.4 is 10.6 Å². The Labute approximate surface area is 134 Å². The number of methoxy groups -OCH3 is 1. The molecule has 0 bridgehead atoms. The van der Waals surface area contributed by atoms with Gasteiger partial charge in [0.2, 0.25) is 5.89 Å². The van der Waals surface area contributed by atoms with Crippen LogP contribution in [0.4, 0.5) is 0 Å². The van der Waals surface area contributed by atoms with Gasteiger partial charge in [-0.15, -0.1) is 11.3 Å². The van der Waals surface area contributed by atoms with E-state index in [-0.39, 0.29) is 5.60 Å². The monoisotopic (exact) mass is 322 g/mol. The number of ether oxygens (including phenoxy) is 1. The van der Waals surface area contributed by atoms with E-state index in [1.165, 1.54) is 0 Å². The van der Waals surface area contributed by atoms with Crippen molar-refractivity contribution in [3.63, 3.8) is 0 Å². The second kappa shape index (κ2) is 7.42. The summed E-state index contributed by atoms with van der Waals surface area (Å²) in [6.45, 7) is 5.22. The number of aliphatic imine (C=N–C) groups is 1. The lowest BCUT2D eigenvalue weighted by Crippen LogP contribution is -2.45. The number of aromatic nitrogens is 1. The predicted octanol–water partition coefficient (Wildman–Crippen LogP) is 2.49. The summed E-state index contributed by atoms with van der Waals surface area (Å²) in [5.41, 5.74) is 0.579. The zero-order valence-electron chi connectivity index (χ0n) is 13.3. The number of thiophene rings is 1. The Hall–Kier alpha value is -1.86. The molecule has 0 unspecified atom stereocenters. The molecule has 2 rings (SSSR count). The van der Waals surface area contributed by atoms with Crippen LogP contribution in [0.25, 0.3) is 10.8 Å². The Morgan fingerprint density at radius 1 is 1.45 bits per heavy atom.